The van der Waals surface area contributed by atoms with Gasteiger partial charge in [-0.05, 0) is 13.8 Å². The van der Waals surface area contributed by atoms with Gasteiger partial charge in [0.2, 0.25) is 5.69 Å². The Morgan fingerprint density at radius 1 is 1.36 bits per heavy atom. The molecule has 0 aliphatic heterocycles. The zero-order chi connectivity index (χ0) is 16.6. The highest BCUT2D eigenvalue weighted by atomic mass is 16.6. The molecule has 0 bridgehead atoms. The first-order chi connectivity index (χ1) is 10.2. The highest BCUT2D eigenvalue weighted by Gasteiger charge is 2.28. The smallest absolute Gasteiger partial charge is 0.320 e. The number of nitro groups is 1. The highest BCUT2D eigenvalue weighted by molar-refractivity contribution is 5.95. The van der Waals surface area contributed by atoms with Gasteiger partial charge < -0.3 is 4.90 Å². The van der Waals surface area contributed by atoms with Gasteiger partial charge in [-0.3, -0.25) is 24.3 Å². The second-order valence-corrected chi connectivity index (χ2v) is 5.23. The van der Waals surface area contributed by atoms with Gasteiger partial charge in [0.15, 0.2) is 0 Å². The van der Waals surface area contributed by atoms with Crippen LogP contribution in [0, 0.1) is 24.0 Å². The summed E-state index contributed by atoms with van der Waals surface area (Å²) in [6.07, 6.45) is 1.22. The molecule has 118 valence electrons. The maximum absolute atomic E-state index is 12.4. The normalized spacial score (nSPS) is 10.8. The van der Waals surface area contributed by atoms with E-state index >= 15 is 0 Å². The summed E-state index contributed by atoms with van der Waals surface area (Å²) in [6.45, 7) is 4.10. The molecule has 0 unspecified atom stereocenters. The lowest BCUT2D eigenvalue weighted by molar-refractivity contribution is -0.385. The van der Waals surface area contributed by atoms with Gasteiger partial charge in [0, 0.05) is 38.9 Å². The van der Waals surface area contributed by atoms with Crippen molar-refractivity contribution in [3.05, 3.63) is 39.0 Å². The molecule has 0 spiro atoms. The van der Waals surface area contributed by atoms with Crippen molar-refractivity contribution in [2.45, 2.75) is 20.4 Å². The summed E-state index contributed by atoms with van der Waals surface area (Å²) in [5.41, 5.74) is 2.26. The van der Waals surface area contributed by atoms with E-state index in [1.54, 1.807) is 18.8 Å². The maximum Gasteiger partial charge on any atom is 0.320 e. The standard InChI is InChI=1S/C13H18N6O3/c1-8-10(9(2)18(5)14-8)6-16(3)13(20)12-11(19(21)22)7-17(4)15-12/h7H,6H2,1-5H3. The average molecular weight is 306 g/mol. The average Bonchev–Trinajstić information content (AvgIpc) is 2.94. The zero-order valence-corrected chi connectivity index (χ0v) is 13.2. The summed E-state index contributed by atoms with van der Waals surface area (Å²) in [5, 5.41) is 19.2. The number of aromatic nitrogens is 4. The number of nitrogens with zero attached hydrogens (tertiary/aromatic N) is 6. The highest BCUT2D eigenvalue weighted by Crippen LogP contribution is 2.20. The summed E-state index contributed by atoms with van der Waals surface area (Å²) in [5.74, 6) is -0.491. The first kappa shape index (κ1) is 15.7. The van der Waals surface area contributed by atoms with Gasteiger partial charge in [0.05, 0.1) is 10.6 Å². The van der Waals surface area contributed by atoms with Crippen molar-refractivity contribution >= 4 is 11.6 Å². The van der Waals surface area contributed by atoms with E-state index in [9.17, 15) is 14.9 Å². The Balaban J connectivity index is 2.28. The number of aryl methyl sites for hydroxylation is 3. The molecule has 0 aliphatic carbocycles. The monoisotopic (exact) mass is 306 g/mol. The summed E-state index contributed by atoms with van der Waals surface area (Å²) < 4.78 is 3.01. The van der Waals surface area contributed by atoms with Crippen LogP contribution in [0.4, 0.5) is 5.69 Å². The van der Waals surface area contributed by atoms with Crippen LogP contribution < -0.4 is 0 Å². The van der Waals surface area contributed by atoms with Crippen molar-refractivity contribution in [3.63, 3.8) is 0 Å². The zero-order valence-electron chi connectivity index (χ0n) is 13.2. The minimum absolute atomic E-state index is 0.158. The molecule has 9 heteroatoms. The molecule has 0 aromatic carbocycles. The van der Waals surface area contributed by atoms with Gasteiger partial charge in [0.25, 0.3) is 5.91 Å². The van der Waals surface area contributed by atoms with Crippen LogP contribution in [0.25, 0.3) is 0 Å². The third kappa shape index (κ3) is 2.69. The van der Waals surface area contributed by atoms with E-state index in [4.69, 9.17) is 0 Å². The van der Waals surface area contributed by atoms with E-state index in [0.29, 0.717) is 6.54 Å². The van der Waals surface area contributed by atoms with Gasteiger partial charge in [0.1, 0.15) is 6.20 Å². The largest absolute Gasteiger partial charge is 0.336 e. The molecule has 22 heavy (non-hydrogen) atoms. The van der Waals surface area contributed by atoms with Crippen LogP contribution >= 0.6 is 0 Å². The second kappa shape index (κ2) is 5.58. The molecule has 1 amide bonds. The SMILES string of the molecule is Cc1nn(C)c(C)c1CN(C)C(=O)c1nn(C)cc1[N+](=O)[O-]. The number of hydrogen-bond donors (Lipinski definition) is 0. The minimum atomic E-state index is -0.603. The fourth-order valence-electron chi connectivity index (χ4n) is 2.30. The van der Waals surface area contributed by atoms with Crippen molar-refractivity contribution in [1.82, 2.24) is 24.5 Å². The minimum Gasteiger partial charge on any atom is -0.336 e. The Labute approximate surface area is 127 Å². The van der Waals surface area contributed by atoms with Crippen molar-refractivity contribution in [1.29, 1.82) is 0 Å². The van der Waals surface area contributed by atoms with Gasteiger partial charge in [-0.25, -0.2) is 0 Å². The first-order valence-electron chi connectivity index (χ1n) is 6.65. The molecular weight excluding hydrogens is 288 g/mol. The quantitative estimate of drug-likeness (QED) is 0.618. The third-order valence-corrected chi connectivity index (χ3v) is 3.61. The summed E-state index contributed by atoms with van der Waals surface area (Å²) in [7, 11) is 4.96. The van der Waals surface area contributed by atoms with Crippen LogP contribution in [0.5, 0.6) is 0 Å². The molecule has 9 nitrogen and oxygen atoms in total. The summed E-state index contributed by atoms with van der Waals surface area (Å²) in [6, 6.07) is 0. The third-order valence-electron chi connectivity index (χ3n) is 3.61. The summed E-state index contributed by atoms with van der Waals surface area (Å²) >= 11 is 0. The topological polar surface area (TPSA) is 99.1 Å². The van der Waals surface area contributed by atoms with E-state index in [1.165, 1.54) is 15.8 Å². The summed E-state index contributed by atoms with van der Waals surface area (Å²) in [4.78, 5) is 24.2. The predicted molar refractivity (Wildman–Crippen MR) is 78.3 cm³/mol. The molecular formula is C13H18N6O3. The van der Waals surface area contributed by atoms with Crippen LogP contribution in [0.15, 0.2) is 6.20 Å². The van der Waals surface area contributed by atoms with E-state index < -0.39 is 10.8 Å². The lowest BCUT2D eigenvalue weighted by Crippen LogP contribution is -2.27. The Kier molecular flexibility index (Phi) is 3.98. The Morgan fingerprint density at radius 2 is 2.00 bits per heavy atom. The first-order valence-corrected chi connectivity index (χ1v) is 6.65. The lowest BCUT2D eigenvalue weighted by atomic mass is 10.2. The Bertz CT molecular complexity index is 745. The van der Waals surface area contributed by atoms with Crippen LogP contribution in [-0.4, -0.2) is 42.3 Å². The van der Waals surface area contributed by atoms with Crippen molar-refractivity contribution in [2.24, 2.45) is 14.1 Å². The fraction of sp³-hybridized carbons (Fsp3) is 0.462. The predicted octanol–water partition coefficient (Wildman–Crippen LogP) is 0.951. The van der Waals surface area contributed by atoms with E-state index in [2.05, 4.69) is 10.2 Å². The van der Waals surface area contributed by atoms with E-state index in [1.807, 2.05) is 20.9 Å². The molecule has 0 radical (unpaired) electrons. The van der Waals surface area contributed by atoms with Gasteiger partial charge in [-0.2, -0.15) is 10.2 Å². The molecule has 0 fully saturated rings. The molecule has 0 saturated heterocycles. The Hall–Kier alpha value is -2.71. The fourth-order valence-corrected chi connectivity index (χ4v) is 2.30. The van der Waals surface area contributed by atoms with Crippen molar-refractivity contribution in [3.8, 4) is 0 Å². The molecule has 2 aromatic heterocycles. The van der Waals surface area contributed by atoms with Crippen molar-refractivity contribution < 1.29 is 9.72 Å². The number of rotatable bonds is 4. The Morgan fingerprint density at radius 3 is 2.50 bits per heavy atom. The molecule has 0 saturated carbocycles. The van der Waals surface area contributed by atoms with Gasteiger partial charge in [-0.15, -0.1) is 0 Å². The van der Waals surface area contributed by atoms with Crippen LogP contribution in [0.2, 0.25) is 0 Å². The molecule has 2 rings (SSSR count). The van der Waals surface area contributed by atoms with Gasteiger partial charge >= 0.3 is 5.69 Å². The number of carbonyl (C=O) groups is 1. The maximum atomic E-state index is 12.4. The molecule has 2 aromatic rings. The second-order valence-electron chi connectivity index (χ2n) is 5.23. The van der Waals surface area contributed by atoms with Crippen LogP contribution in [0.1, 0.15) is 27.4 Å². The number of carbonyl (C=O) groups excluding carboxylic acids is 1. The van der Waals surface area contributed by atoms with E-state index in [0.717, 1.165) is 17.0 Å². The number of hydrogen-bond acceptors (Lipinski definition) is 5. The molecule has 0 atom stereocenters. The molecule has 0 N–H and O–H groups in total. The van der Waals surface area contributed by atoms with Crippen LogP contribution in [0.3, 0.4) is 0 Å². The lowest BCUT2D eigenvalue weighted by Gasteiger charge is -2.16. The van der Waals surface area contributed by atoms with Gasteiger partial charge in [-0.1, -0.05) is 0 Å². The molecule has 0 aliphatic rings. The van der Waals surface area contributed by atoms with Crippen molar-refractivity contribution in [2.75, 3.05) is 7.05 Å². The number of amides is 1. The van der Waals surface area contributed by atoms with E-state index in [-0.39, 0.29) is 11.4 Å². The molecule has 2 heterocycles. The van der Waals surface area contributed by atoms with Crippen LogP contribution in [-0.2, 0) is 20.6 Å².